The third-order valence-electron chi connectivity index (χ3n) is 6.21. The van der Waals surface area contributed by atoms with Gasteiger partial charge >= 0.3 is 6.03 Å². The van der Waals surface area contributed by atoms with Gasteiger partial charge in [0.05, 0.1) is 39.8 Å². The van der Waals surface area contributed by atoms with Crippen LogP contribution in [-0.2, 0) is 4.74 Å². The van der Waals surface area contributed by atoms with Crippen molar-refractivity contribution in [3.05, 3.63) is 54.6 Å². The number of urea groups is 1. The summed E-state index contributed by atoms with van der Waals surface area (Å²) in [6, 6.07) is 17.5. The number of hydrogen-bond donors (Lipinski definition) is 2. The summed E-state index contributed by atoms with van der Waals surface area (Å²) in [7, 11) is 0.0680. The average Bonchev–Trinajstić information content (AvgIpc) is 2.85. The van der Waals surface area contributed by atoms with Crippen molar-refractivity contribution in [2.24, 2.45) is 0 Å². The molecule has 0 atom stereocenters. The minimum Gasteiger partial charge on any atom is -0.495 e. The molecule has 0 bridgehead atoms. The Morgan fingerprint density at radius 3 is 2.34 bits per heavy atom. The third kappa shape index (κ3) is 6.33. The van der Waals surface area contributed by atoms with Crippen LogP contribution in [0.4, 0.5) is 16.2 Å². The fourth-order valence-corrected chi connectivity index (χ4v) is 5.32. The Kier molecular flexibility index (Phi) is 7.95. The fraction of sp³-hybridized carbons (Fsp3) is 0.370. The Balaban J connectivity index is 1.48. The molecule has 0 unspecified atom stereocenters. The molecular weight excluding hydrogens is 458 g/mol. The third-order valence-corrected chi connectivity index (χ3v) is 8.26. The van der Waals surface area contributed by atoms with Gasteiger partial charge in [-0.2, -0.15) is 0 Å². The maximum atomic E-state index is 13.0. The van der Waals surface area contributed by atoms with Gasteiger partial charge in [-0.05, 0) is 24.3 Å². The minimum absolute atomic E-state index is 0.317. The number of fused-ring (bicyclic) bond motifs is 1. The molecule has 0 saturated carbocycles. The number of benzene rings is 3. The number of rotatable bonds is 8. The van der Waals surface area contributed by atoms with E-state index in [0.717, 1.165) is 55.1 Å². The van der Waals surface area contributed by atoms with E-state index in [1.54, 1.807) is 7.11 Å². The largest absolute Gasteiger partial charge is 0.495 e. The zero-order chi connectivity index (χ0) is 24.8. The summed E-state index contributed by atoms with van der Waals surface area (Å²) in [6.07, 6.45) is 0. The van der Waals surface area contributed by atoms with Crippen LogP contribution >= 0.6 is 0 Å². The number of methoxy groups -OCH3 is 1. The predicted octanol–water partition coefficient (Wildman–Crippen LogP) is 4.75. The fourth-order valence-electron chi connectivity index (χ4n) is 4.16. The van der Waals surface area contributed by atoms with Gasteiger partial charge in [-0.3, -0.25) is 4.90 Å². The van der Waals surface area contributed by atoms with E-state index in [-0.39, 0.29) is 6.03 Å². The molecule has 8 heteroatoms. The number of anilines is 2. The molecule has 7 nitrogen and oxygen atoms in total. The number of carbonyl (C=O) groups is 1. The minimum atomic E-state index is -1.54. The van der Waals surface area contributed by atoms with Crippen LogP contribution < -0.4 is 25.3 Å². The van der Waals surface area contributed by atoms with Gasteiger partial charge in [0.25, 0.3) is 0 Å². The molecule has 1 aliphatic heterocycles. The van der Waals surface area contributed by atoms with Gasteiger partial charge in [0.2, 0.25) is 0 Å². The molecule has 2 amide bonds. The van der Waals surface area contributed by atoms with Crippen molar-refractivity contribution in [1.82, 2.24) is 4.90 Å². The van der Waals surface area contributed by atoms with Crippen LogP contribution in [0, 0.1) is 0 Å². The Bertz CT molecular complexity index is 1170. The van der Waals surface area contributed by atoms with E-state index >= 15 is 0 Å². The lowest BCUT2D eigenvalue weighted by molar-refractivity contribution is 0.0323. The van der Waals surface area contributed by atoms with Gasteiger partial charge in [0, 0.05) is 30.4 Å². The van der Waals surface area contributed by atoms with E-state index in [0.29, 0.717) is 18.0 Å². The molecule has 186 valence electrons. The summed E-state index contributed by atoms with van der Waals surface area (Å²) in [5, 5.41) is 9.12. The number of nitrogens with one attached hydrogen (secondary N) is 2. The molecular formula is C27H35N3O4Si. The van der Waals surface area contributed by atoms with Crippen LogP contribution in [0.2, 0.25) is 19.6 Å². The number of nitrogens with zero attached hydrogens (tertiary/aromatic N) is 1. The van der Waals surface area contributed by atoms with Crippen molar-refractivity contribution in [3.63, 3.8) is 0 Å². The Morgan fingerprint density at radius 1 is 0.943 bits per heavy atom. The molecule has 4 rings (SSSR count). The topological polar surface area (TPSA) is 72.1 Å². The Morgan fingerprint density at radius 2 is 1.63 bits per heavy atom. The van der Waals surface area contributed by atoms with Crippen molar-refractivity contribution >= 4 is 41.4 Å². The van der Waals surface area contributed by atoms with Gasteiger partial charge in [0.1, 0.15) is 18.1 Å². The van der Waals surface area contributed by atoms with Crippen LogP contribution in [0.3, 0.4) is 0 Å². The molecule has 2 N–H and O–H groups in total. The monoisotopic (exact) mass is 493 g/mol. The number of amides is 2. The van der Waals surface area contributed by atoms with E-state index in [9.17, 15) is 4.79 Å². The van der Waals surface area contributed by atoms with E-state index in [1.807, 2.05) is 48.5 Å². The molecule has 1 aliphatic rings. The maximum Gasteiger partial charge on any atom is 0.323 e. The number of morpholine rings is 1. The lowest BCUT2D eigenvalue weighted by Crippen LogP contribution is -2.38. The van der Waals surface area contributed by atoms with Crippen LogP contribution in [0.5, 0.6) is 11.5 Å². The van der Waals surface area contributed by atoms with Crippen molar-refractivity contribution in [3.8, 4) is 11.5 Å². The highest BCUT2D eigenvalue weighted by molar-refractivity contribution is 6.88. The van der Waals surface area contributed by atoms with Crippen molar-refractivity contribution in [2.45, 2.75) is 19.6 Å². The summed E-state index contributed by atoms with van der Waals surface area (Å²) < 4.78 is 17.0. The van der Waals surface area contributed by atoms with Gasteiger partial charge in [-0.1, -0.05) is 55.2 Å². The second kappa shape index (κ2) is 11.1. The standard InChI is InChI=1S/C27H35N3O4Si/c1-32-26-11-9-20(35(2,3)4)19-24(26)29-27(31)28-23-10-12-25(22-8-6-5-7-21(22)23)34-18-15-30-13-16-33-17-14-30/h5-12,19H,13-18H2,1-4H3,(H2,28,29,31). The maximum absolute atomic E-state index is 13.0. The van der Waals surface area contributed by atoms with Crippen LogP contribution in [0.25, 0.3) is 10.8 Å². The summed E-state index contributed by atoms with van der Waals surface area (Å²) >= 11 is 0. The lowest BCUT2D eigenvalue weighted by atomic mass is 10.1. The van der Waals surface area contributed by atoms with E-state index in [1.165, 1.54) is 5.19 Å². The molecule has 0 radical (unpaired) electrons. The molecule has 3 aromatic carbocycles. The second-order valence-electron chi connectivity index (χ2n) is 9.70. The highest BCUT2D eigenvalue weighted by atomic mass is 28.3. The molecule has 35 heavy (non-hydrogen) atoms. The zero-order valence-corrected chi connectivity index (χ0v) is 22.0. The second-order valence-corrected chi connectivity index (χ2v) is 14.8. The van der Waals surface area contributed by atoms with Crippen LogP contribution in [0.1, 0.15) is 0 Å². The van der Waals surface area contributed by atoms with E-state index < -0.39 is 8.07 Å². The quantitative estimate of drug-likeness (QED) is 0.443. The van der Waals surface area contributed by atoms with Gasteiger partial charge in [-0.15, -0.1) is 0 Å². The highest BCUT2D eigenvalue weighted by Crippen LogP contribution is 2.32. The number of hydrogen-bond acceptors (Lipinski definition) is 5. The van der Waals surface area contributed by atoms with Crippen LogP contribution in [-0.4, -0.2) is 65.6 Å². The molecule has 0 spiro atoms. The Hall–Kier alpha value is -3.07. The summed E-state index contributed by atoms with van der Waals surface area (Å²) in [6.45, 7) is 11.7. The number of carbonyl (C=O) groups excluding carboxylic acids is 1. The van der Waals surface area contributed by atoms with Gasteiger partial charge in [0.15, 0.2) is 0 Å². The normalized spacial score (nSPS) is 14.5. The molecule has 1 saturated heterocycles. The molecule has 1 heterocycles. The van der Waals surface area contributed by atoms with Gasteiger partial charge < -0.3 is 24.8 Å². The van der Waals surface area contributed by atoms with Gasteiger partial charge in [-0.25, -0.2) is 4.79 Å². The lowest BCUT2D eigenvalue weighted by Gasteiger charge is -2.26. The first-order chi connectivity index (χ1) is 16.8. The molecule has 0 aromatic heterocycles. The number of ether oxygens (including phenoxy) is 3. The summed E-state index contributed by atoms with van der Waals surface area (Å²) in [4.78, 5) is 15.3. The van der Waals surface area contributed by atoms with E-state index in [2.05, 4.69) is 41.2 Å². The first-order valence-corrected chi connectivity index (χ1v) is 15.6. The Labute approximate surface area is 208 Å². The van der Waals surface area contributed by atoms with Crippen LogP contribution in [0.15, 0.2) is 54.6 Å². The average molecular weight is 494 g/mol. The first kappa shape index (κ1) is 25.0. The SMILES string of the molecule is COc1ccc([Si](C)(C)C)cc1NC(=O)Nc1ccc(OCCN2CCOCC2)c2ccccc12. The molecule has 0 aliphatic carbocycles. The van der Waals surface area contributed by atoms with Crippen molar-refractivity contribution < 1.29 is 19.0 Å². The van der Waals surface area contributed by atoms with Crippen molar-refractivity contribution in [1.29, 1.82) is 0 Å². The zero-order valence-electron chi connectivity index (χ0n) is 21.0. The highest BCUT2D eigenvalue weighted by Gasteiger charge is 2.19. The smallest absolute Gasteiger partial charge is 0.323 e. The first-order valence-electron chi connectivity index (χ1n) is 12.1. The van der Waals surface area contributed by atoms with Crippen molar-refractivity contribution in [2.75, 3.05) is 57.2 Å². The summed E-state index contributed by atoms with van der Waals surface area (Å²) in [5.41, 5.74) is 1.39. The molecule has 1 fully saturated rings. The van der Waals surface area contributed by atoms with E-state index in [4.69, 9.17) is 14.2 Å². The molecule has 3 aromatic rings. The summed E-state index contributed by atoms with van der Waals surface area (Å²) in [5.74, 6) is 1.44. The predicted molar refractivity (Wildman–Crippen MR) is 145 cm³/mol.